The third kappa shape index (κ3) is 2.47. The molecule has 2 N–H and O–H groups in total. The fourth-order valence-corrected chi connectivity index (χ4v) is 3.05. The van der Waals surface area contributed by atoms with Gasteiger partial charge in [0, 0.05) is 26.1 Å². The molecule has 0 aromatic rings. The van der Waals surface area contributed by atoms with E-state index < -0.39 is 0 Å². The van der Waals surface area contributed by atoms with Gasteiger partial charge in [-0.15, -0.1) is 0 Å². The minimum absolute atomic E-state index is 0.137. The molecule has 17 heavy (non-hydrogen) atoms. The van der Waals surface area contributed by atoms with Gasteiger partial charge in [-0.25, -0.2) is 0 Å². The van der Waals surface area contributed by atoms with E-state index in [0.29, 0.717) is 17.8 Å². The second-order valence-electron chi connectivity index (χ2n) is 5.75. The summed E-state index contributed by atoms with van der Waals surface area (Å²) >= 11 is 0. The smallest absolute Gasteiger partial charge is 0.224 e. The summed E-state index contributed by atoms with van der Waals surface area (Å²) in [6.45, 7) is 1.69. The molecule has 1 saturated heterocycles. The van der Waals surface area contributed by atoms with Crippen molar-refractivity contribution in [2.24, 2.45) is 17.8 Å². The maximum absolute atomic E-state index is 12.3. The van der Waals surface area contributed by atoms with E-state index in [1.807, 2.05) is 0 Å². The van der Waals surface area contributed by atoms with Crippen molar-refractivity contribution in [2.75, 3.05) is 20.2 Å². The highest BCUT2D eigenvalue weighted by molar-refractivity contribution is 5.80. The molecule has 4 nitrogen and oxygen atoms in total. The van der Waals surface area contributed by atoms with Gasteiger partial charge in [-0.3, -0.25) is 4.79 Å². The molecule has 0 spiro atoms. The van der Waals surface area contributed by atoms with Gasteiger partial charge in [0.1, 0.15) is 0 Å². The molecule has 0 aromatic carbocycles. The van der Waals surface area contributed by atoms with Crippen molar-refractivity contribution < 1.29 is 9.53 Å². The molecule has 2 saturated carbocycles. The number of amides is 1. The minimum atomic E-state index is 0.137. The van der Waals surface area contributed by atoms with Gasteiger partial charge in [0.25, 0.3) is 0 Å². The highest BCUT2D eigenvalue weighted by atomic mass is 16.5. The number of carbonyl (C=O) groups is 1. The summed E-state index contributed by atoms with van der Waals surface area (Å²) in [5.74, 6) is 1.94. The molecule has 0 aromatic heterocycles. The van der Waals surface area contributed by atoms with Gasteiger partial charge in [-0.05, 0) is 37.5 Å². The zero-order chi connectivity index (χ0) is 11.8. The van der Waals surface area contributed by atoms with Crippen LogP contribution in [0.3, 0.4) is 0 Å². The van der Waals surface area contributed by atoms with Crippen LogP contribution in [0.4, 0.5) is 0 Å². The lowest BCUT2D eigenvalue weighted by Gasteiger charge is -2.22. The van der Waals surface area contributed by atoms with E-state index in [-0.39, 0.29) is 18.1 Å². The van der Waals surface area contributed by atoms with Crippen molar-refractivity contribution in [1.29, 1.82) is 0 Å². The molecule has 2 atom stereocenters. The first-order valence-electron chi connectivity index (χ1n) is 6.83. The second kappa shape index (κ2) is 4.58. The highest BCUT2D eigenvalue weighted by Gasteiger charge is 2.46. The van der Waals surface area contributed by atoms with Crippen molar-refractivity contribution in [2.45, 2.75) is 37.8 Å². The third-order valence-electron chi connectivity index (χ3n) is 4.35. The number of ether oxygens (including phenoxy) is 1. The summed E-state index contributed by atoms with van der Waals surface area (Å²) in [6, 6.07) is 0.160. The van der Waals surface area contributed by atoms with Gasteiger partial charge in [0.05, 0.1) is 12.1 Å². The lowest BCUT2D eigenvalue weighted by atomic mass is 9.96. The molecular formula is C13H22N2O2. The fraction of sp³-hybridized carbons (Fsp3) is 0.923. The number of nitrogens with one attached hydrogen (secondary N) is 2. The van der Waals surface area contributed by atoms with Crippen LogP contribution in [0.25, 0.3) is 0 Å². The first kappa shape index (κ1) is 11.5. The van der Waals surface area contributed by atoms with Crippen LogP contribution in [0.2, 0.25) is 0 Å². The van der Waals surface area contributed by atoms with E-state index in [9.17, 15) is 4.79 Å². The Kier molecular flexibility index (Phi) is 3.09. The Balaban J connectivity index is 1.57. The Morgan fingerprint density at radius 3 is 2.41 bits per heavy atom. The highest BCUT2D eigenvalue weighted by Crippen LogP contribution is 2.49. The average Bonchev–Trinajstić information content (AvgIpc) is 3.22. The summed E-state index contributed by atoms with van der Waals surface area (Å²) in [7, 11) is 1.72. The van der Waals surface area contributed by atoms with E-state index in [2.05, 4.69) is 10.6 Å². The maximum atomic E-state index is 12.3. The van der Waals surface area contributed by atoms with Crippen molar-refractivity contribution in [1.82, 2.24) is 10.6 Å². The first-order chi connectivity index (χ1) is 8.29. The van der Waals surface area contributed by atoms with Crippen LogP contribution in [0.5, 0.6) is 0 Å². The molecule has 0 bridgehead atoms. The molecule has 3 aliphatic rings. The lowest BCUT2D eigenvalue weighted by molar-refractivity contribution is -0.127. The molecule has 1 amide bonds. The van der Waals surface area contributed by atoms with Crippen LogP contribution in [-0.2, 0) is 9.53 Å². The second-order valence-corrected chi connectivity index (χ2v) is 5.75. The van der Waals surface area contributed by atoms with Crippen molar-refractivity contribution in [3.63, 3.8) is 0 Å². The Hall–Kier alpha value is -0.610. The molecule has 3 fully saturated rings. The average molecular weight is 238 g/mol. The van der Waals surface area contributed by atoms with Gasteiger partial charge < -0.3 is 15.4 Å². The zero-order valence-electron chi connectivity index (χ0n) is 10.4. The Morgan fingerprint density at radius 2 is 1.88 bits per heavy atom. The quantitative estimate of drug-likeness (QED) is 0.734. The van der Waals surface area contributed by atoms with E-state index in [4.69, 9.17) is 4.74 Å². The number of hydrogen-bond acceptors (Lipinski definition) is 3. The van der Waals surface area contributed by atoms with Crippen LogP contribution in [0.15, 0.2) is 0 Å². The standard InChI is InChI=1S/C13H22N2O2/c1-17-11-7-14-6-10(11)15-13(16)12(8-2-3-8)9-4-5-9/h8-12,14H,2-7H2,1H3,(H,15,16)/t10-,11-/m0/s1. The van der Waals surface area contributed by atoms with E-state index >= 15 is 0 Å². The number of rotatable bonds is 5. The minimum Gasteiger partial charge on any atom is -0.378 e. The lowest BCUT2D eigenvalue weighted by Crippen LogP contribution is -2.46. The topological polar surface area (TPSA) is 50.4 Å². The summed E-state index contributed by atoms with van der Waals surface area (Å²) in [5.41, 5.74) is 0. The normalized spacial score (nSPS) is 33.1. The van der Waals surface area contributed by atoms with Gasteiger partial charge in [0.2, 0.25) is 5.91 Å². The summed E-state index contributed by atoms with van der Waals surface area (Å²) < 4.78 is 5.38. The molecule has 2 aliphatic carbocycles. The molecule has 0 radical (unpaired) electrons. The molecule has 4 heteroatoms. The van der Waals surface area contributed by atoms with E-state index in [1.54, 1.807) is 7.11 Å². The van der Waals surface area contributed by atoms with Crippen LogP contribution < -0.4 is 10.6 Å². The molecule has 96 valence electrons. The van der Waals surface area contributed by atoms with Gasteiger partial charge in [-0.1, -0.05) is 0 Å². The fourth-order valence-electron chi connectivity index (χ4n) is 3.05. The molecule has 0 unspecified atom stereocenters. The summed E-state index contributed by atoms with van der Waals surface area (Å²) in [4.78, 5) is 12.3. The van der Waals surface area contributed by atoms with Gasteiger partial charge in [0.15, 0.2) is 0 Å². The number of carbonyl (C=O) groups excluding carboxylic acids is 1. The van der Waals surface area contributed by atoms with Crippen LogP contribution in [-0.4, -0.2) is 38.3 Å². The number of methoxy groups -OCH3 is 1. The van der Waals surface area contributed by atoms with Gasteiger partial charge >= 0.3 is 0 Å². The SMILES string of the molecule is CO[C@H]1CNC[C@@H]1NC(=O)C(C1CC1)C1CC1. The predicted octanol–water partition coefficient (Wildman–Crippen LogP) is 0.526. The van der Waals surface area contributed by atoms with Crippen LogP contribution in [0.1, 0.15) is 25.7 Å². The number of hydrogen-bond donors (Lipinski definition) is 2. The van der Waals surface area contributed by atoms with Crippen molar-refractivity contribution in [3.8, 4) is 0 Å². The van der Waals surface area contributed by atoms with Gasteiger partial charge in [-0.2, -0.15) is 0 Å². The van der Waals surface area contributed by atoms with Crippen molar-refractivity contribution in [3.05, 3.63) is 0 Å². The Bertz CT molecular complexity index is 288. The molecule has 1 aliphatic heterocycles. The van der Waals surface area contributed by atoms with Crippen LogP contribution >= 0.6 is 0 Å². The zero-order valence-corrected chi connectivity index (χ0v) is 10.4. The Labute approximate surface area is 102 Å². The largest absolute Gasteiger partial charge is 0.378 e. The first-order valence-corrected chi connectivity index (χ1v) is 6.83. The van der Waals surface area contributed by atoms with E-state index in [0.717, 1.165) is 13.1 Å². The third-order valence-corrected chi connectivity index (χ3v) is 4.35. The van der Waals surface area contributed by atoms with Crippen LogP contribution in [0, 0.1) is 17.8 Å². The molecule has 3 rings (SSSR count). The maximum Gasteiger partial charge on any atom is 0.224 e. The Morgan fingerprint density at radius 1 is 1.24 bits per heavy atom. The molecular weight excluding hydrogens is 216 g/mol. The van der Waals surface area contributed by atoms with E-state index in [1.165, 1.54) is 25.7 Å². The summed E-state index contributed by atoms with van der Waals surface area (Å²) in [6.07, 6.45) is 5.16. The van der Waals surface area contributed by atoms with Crippen molar-refractivity contribution >= 4 is 5.91 Å². The monoisotopic (exact) mass is 238 g/mol. The predicted molar refractivity (Wildman–Crippen MR) is 64.5 cm³/mol. The molecule has 1 heterocycles. The summed E-state index contributed by atoms with van der Waals surface area (Å²) in [5, 5.41) is 6.46.